The van der Waals surface area contributed by atoms with Crippen molar-refractivity contribution in [3.63, 3.8) is 0 Å². The number of fused-ring (bicyclic) bond motifs is 1. The zero-order valence-electron chi connectivity index (χ0n) is 16.0. The van der Waals surface area contributed by atoms with Gasteiger partial charge in [0.15, 0.2) is 0 Å². The van der Waals surface area contributed by atoms with Crippen LogP contribution in [0.1, 0.15) is 41.0 Å². The highest BCUT2D eigenvalue weighted by molar-refractivity contribution is 7.10. The Kier molecular flexibility index (Phi) is 5.32. The van der Waals surface area contributed by atoms with Gasteiger partial charge >= 0.3 is 0 Å². The topological polar surface area (TPSA) is 37.3 Å². The van der Waals surface area contributed by atoms with Gasteiger partial charge in [-0.2, -0.15) is 0 Å². The Hall–Kier alpha value is -2.11. The highest BCUT2D eigenvalue weighted by atomic mass is 32.1. The van der Waals surface area contributed by atoms with Gasteiger partial charge < -0.3 is 9.88 Å². The summed E-state index contributed by atoms with van der Waals surface area (Å²) in [6.07, 6.45) is 4.40. The summed E-state index contributed by atoms with van der Waals surface area (Å²) in [4.78, 5) is 16.8. The Morgan fingerprint density at radius 3 is 2.74 bits per heavy atom. The number of amides is 1. The number of hydrogen-bond acceptors (Lipinski definition) is 3. The maximum absolute atomic E-state index is 12.9. The van der Waals surface area contributed by atoms with Gasteiger partial charge in [-0.25, -0.2) is 0 Å². The second kappa shape index (κ2) is 7.87. The first-order valence-corrected chi connectivity index (χ1v) is 10.6. The van der Waals surface area contributed by atoms with Crippen molar-refractivity contribution in [3.8, 4) is 0 Å². The summed E-state index contributed by atoms with van der Waals surface area (Å²) in [5.74, 6) is 0.814. The monoisotopic (exact) mass is 381 g/mol. The van der Waals surface area contributed by atoms with Crippen LogP contribution >= 0.6 is 11.3 Å². The number of para-hydroxylation sites is 1. The lowest BCUT2D eigenvalue weighted by molar-refractivity contribution is 0.0916. The lowest BCUT2D eigenvalue weighted by atomic mass is 9.97. The second-order valence-electron chi connectivity index (χ2n) is 7.63. The van der Waals surface area contributed by atoms with Crippen LogP contribution in [0.3, 0.4) is 0 Å². The third-order valence-corrected chi connectivity index (χ3v) is 6.70. The quantitative estimate of drug-likeness (QED) is 0.709. The molecule has 142 valence electrons. The molecule has 1 amide bonds. The third-order valence-electron chi connectivity index (χ3n) is 5.73. The van der Waals surface area contributed by atoms with Crippen molar-refractivity contribution in [3.05, 3.63) is 58.4 Å². The van der Waals surface area contributed by atoms with Crippen LogP contribution in [-0.4, -0.2) is 35.0 Å². The minimum absolute atomic E-state index is 0.0127. The molecule has 3 aromatic rings. The number of aromatic nitrogens is 1. The Balaban J connectivity index is 1.51. The van der Waals surface area contributed by atoms with E-state index in [4.69, 9.17) is 0 Å². The molecule has 0 bridgehead atoms. The van der Waals surface area contributed by atoms with Gasteiger partial charge in [0.2, 0.25) is 0 Å². The van der Waals surface area contributed by atoms with Crippen LogP contribution in [0.25, 0.3) is 10.9 Å². The highest BCUT2D eigenvalue weighted by Crippen LogP contribution is 2.29. The Morgan fingerprint density at radius 2 is 2.00 bits per heavy atom. The molecule has 1 aliphatic rings. The molecular formula is C22H27N3OS. The molecule has 4 rings (SSSR count). The van der Waals surface area contributed by atoms with Crippen molar-refractivity contribution in [2.24, 2.45) is 13.0 Å². The summed E-state index contributed by atoms with van der Waals surface area (Å²) in [6, 6.07) is 12.6. The minimum Gasteiger partial charge on any atom is -0.350 e. The van der Waals surface area contributed by atoms with Gasteiger partial charge in [0.1, 0.15) is 0 Å². The van der Waals surface area contributed by atoms with Crippen LogP contribution in [-0.2, 0) is 7.05 Å². The predicted octanol–water partition coefficient (Wildman–Crippen LogP) is 4.44. The number of aryl methyl sites for hydroxylation is 1. The fraction of sp³-hybridized carbons (Fsp3) is 0.409. The standard InChI is InChI=1S/C22H27N3OS/c1-16-9-11-25(12-10-16)20(21-8-5-13-27-21)14-23-22(26)18-15-24(2)19-7-4-3-6-17(18)19/h3-8,13,15-16,20H,9-12,14H2,1-2H3,(H,23,26)/t20-/m0/s1. The summed E-state index contributed by atoms with van der Waals surface area (Å²) >= 11 is 1.78. The van der Waals surface area contributed by atoms with Crippen molar-refractivity contribution < 1.29 is 4.79 Å². The molecule has 2 aromatic heterocycles. The first-order chi connectivity index (χ1) is 13.1. The van der Waals surface area contributed by atoms with Crippen LogP contribution in [0, 0.1) is 5.92 Å². The SMILES string of the molecule is CC1CCN([C@@H](CNC(=O)c2cn(C)c3ccccc23)c2cccs2)CC1. The number of rotatable bonds is 5. The number of carbonyl (C=O) groups excluding carboxylic acids is 1. The molecule has 27 heavy (non-hydrogen) atoms. The maximum atomic E-state index is 12.9. The van der Waals surface area contributed by atoms with Crippen molar-refractivity contribution in [1.82, 2.24) is 14.8 Å². The molecule has 1 aromatic carbocycles. The molecule has 0 radical (unpaired) electrons. The van der Waals surface area contributed by atoms with E-state index in [-0.39, 0.29) is 11.9 Å². The fourth-order valence-electron chi connectivity index (χ4n) is 4.04. The van der Waals surface area contributed by atoms with Gasteiger partial charge in [-0.1, -0.05) is 31.2 Å². The fourth-order valence-corrected chi connectivity index (χ4v) is 4.90. The van der Waals surface area contributed by atoms with Crippen molar-refractivity contribution >= 4 is 28.1 Å². The minimum atomic E-state index is 0.0127. The summed E-state index contributed by atoms with van der Waals surface area (Å²) in [7, 11) is 1.99. The zero-order valence-corrected chi connectivity index (χ0v) is 16.8. The van der Waals surface area contributed by atoms with E-state index in [9.17, 15) is 4.79 Å². The van der Waals surface area contributed by atoms with E-state index >= 15 is 0 Å². The summed E-state index contributed by atoms with van der Waals surface area (Å²) in [5, 5.41) is 6.35. The molecule has 1 saturated heterocycles. The maximum Gasteiger partial charge on any atom is 0.253 e. The number of carbonyl (C=O) groups is 1. The number of hydrogen-bond donors (Lipinski definition) is 1. The lowest BCUT2D eigenvalue weighted by Gasteiger charge is -2.36. The van der Waals surface area contributed by atoms with Gasteiger partial charge in [0.05, 0.1) is 11.6 Å². The first kappa shape index (κ1) is 18.3. The van der Waals surface area contributed by atoms with Gasteiger partial charge in [-0.15, -0.1) is 11.3 Å². The van der Waals surface area contributed by atoms with E-state index in [1.165, 1.54) is 17.7 Å². The summed E-state index contributed by atoms with van der Waals surface area (Å²) in [6.45, 7) is 5.19. The van der Waals surface area contributed by atoms with Crippen LogP contribution < -0.4 is 5.32 Å². The van der Waals surface area contributed by atoms with E-state index < -0.39 is 0 Å². The molecule has 4 nitrogen and oxygen atoms in total. The van der Waals surface area contributed by atoms with E-state index in [1.807, 2.05) is 36.0 Å². The zero-order chi connectivity index (χ0) is 18.8. The van der Waals surface area contributed by atoms with Gasteiger partial charge in [-0.05, 0) is 49.4 Å². The van der Waals surface area contributed by atoms with Gasteiger partial charge in [0, 0.05) is 35.6 Å². The molecule has 0 spiro atoms. The third kappa shape index (κ3) is 3.80. The number of nitrogens with zero attached hydrogens (tertiary/aromatic N) is 2. The van der Waals surface area contributed by atoms with Crippen LogP contribution in [0.15, 0.2) is 48.0 Å². The number of piperidine rings is 1. The smallest absolute Gasteiger partial charge is 0.253 e. The van der Waals surface area contributed by atoms with Crippen molar-refractivity contribution in [2.75, 3.05) is 19.6 Å². The Morgan fingerprint density at radius 1 is 1.22 bits per heavy atom. The number of thiophene rings is 1. The number of benzene rings is 1. The van der Waals surface area contributed by atoms with Crippen LogP contribution in [0.5, 0.6) is 0 Å². The Bertz CT molecular complexity index is 907. The van der Waals surface area contributed by atoms with E-state index in [0.29, 0.717) is 6.54 Å². The van der Waals surface area contributed by atoms with E-state index in [2.05, 4.69) is 40.7 Å². The number of likely N-dealkylation sites (tertiary alicyclic amines) is 1. The normalized spacial score (nSPS) is 17.3. The van der Waals surface area contributed by atoms with Gasteiger partial charge in [-0.3, -0.25) is 9.69 Å². The summed E-state index contributed by atoms with van der Waals surface area (Å²) in [5.41, 5.74) is 1.84. The average Bonchev–Trinajstić information content (AvgIpc) is 3.32. The Labute approximate surface area is 164 Å². The van der Waals surface area contributed by atoms with E-state index in [0.717, 1.165) is 35.5 Å². The molecule has 1 aliphatic heterocycles. The molecule has 0 saturated carbocycles. The molecule has 0 unspecified atom stereocenters. The molecule has 1 atom stereocenters. The first-order valence-electron chi connectivity index (χ1n) is 9.73. The molecule has 1 fully saturated rings. The van der Waals surface area contributed by atoms with Crippen LogP contribution in [0.4, 0.5) is 0 Å². The molecule has 0 aliphatic carbocycles. The predicted molar refractivity (Wildman–Crippen MR) is 112 cm³/mol. The van der Waals surface area contributed by atoms with Crippen molar-refractivity contribution in [2.45, 2.75) is 25.8 Å². The van der Waals surface area contributed by atoms with Crippen LogP contribution in [0.2, 0.25) is 0 Å². The largest absolute Gasteiger partial charge is 0.350 e. The second-order valence-corrected chi connectivity index (χ2v) is 8.61. The molecule has 1 N–H and O–H groups in total. The van der Waals surface area contributed by atoms with Crippen molar-refractivity contribution in [1.29, 1.82) is 0 Å². The summed E-state index contributed by atoms with van der Waals surface area (Å²) < 4.78 is 2.02. The number of nitrogens with one attached hydrogen (secondary N) is 1. The molecule has 5 heteroatoms. The van der Waals surface area contributed by atoms with Gasteiger partial charge in [0.25, 0.3) is 5.91 Å². The molecule has 3 heterocycles. The molecular weight excluding hydrogens is 354 g/mol. The highest BCUT2D eigenvalue weighted by Gasteiger charge is 2.26. The average molecular weight is 382 g/mol. The van der Waals surface area contributed by atoms with E-state index in [1.54, 1.807) is 11.3 Å². The lowest BCUT2D eigenvalue weighted by Crippen LogP contribution is -2.41.